The molecule has 2 aromatic rings. The molecule has 3 rings (SSSR count). The van der Waals surface area contributed by atoms with Gasteiger partial charge in [0.25, 0.3) is 0 Å². The minimum Gasteiger partial charge on any atom is -0.373 e. The maximum atomic E-state index is 12.1. The van der Waals surface area contributed by atoms with E-state index in [1.54, 1.807) is 12.5 Å². The van der Waals surface area contributed by atoms with Crippen LogP contribution in [-0.4, -0.2) is 58.9 Å². The van der Waals surface area contributed by atoms with Crippen molar-refractivity contribution in [3.05, 3.63) is 48.5 Å². The highest BCUT2D eigenvalue weighted by Crippen LogP contribution is 2.16. The van der Waals surface area contributed by atoms with Gasteiger partial charge in [-0.15, -0.1) is 0 Å². The molecule has 1 aromatic heterocycles. The van der Waals surface area contributed by atoms with Gasteiger partial charge in [0.15, 0.2) is 0 Å². The van der Waals surface area contributed by atoms with Crippen molar-refractivity contribution in [3.8, 4) is 5.69 Å². The molecule has 0 unspecified atom stereocenters. The van der Waals surface area contributed by atoms with E-state index >= 15 is 0 Å². The Kier molecular flexibility index (Phi) is 5.90. The largest absolute Gasteiger partial charge is 0.373 e. The number of rotatable bonds is 6. The molecule has 0 spiro atoms. The van der Waals surface area contributed by atoms with Gasteiger partial charge in [0.1, 0.15) is 0 Å². The molecule has 1 aliphatic heterocycles. The fourth-order valence-electron chi connectivity index (χ4n) is 3.18. The first-order chi connectivity index (χ1) is 12.5. The zero-order chi connectivity index (χ0) is 18.4. The fourth-order valence-corrected chi connectivity index (χ4v) is 3.18. The number of carbonyl (C=O) groups excluding carboxylic acids is 1. The minimum atomic E-state index is -0.155. The van der Waals surface area contributed by atoms with Crippen molar-refractivity contribution in [2.75, 3.05) is 32.8 Å². The molecule has 0 atom stereocenters. The van der Waals surface area contributed by atoms with Crippen LogP contribution in [0.15, 0.2) is 43.0 Å². The van der Waals surface area contributed by atoms with E-state index < -0.39 is 0 Å². The number of hydrogen-bond acceptors (Lipinski definition) is 4. The summed E-state index contributed by atoms with van der Waals surface area (Å²) in [6, 6.07) is 7.80. The number of imidazole rings is 1. The summed E-state index contributed by atoms with van der Waals surface area (Å²) in [7, 11) is 0. The van der Waals surface area contributed by atoms with Gasteiger partial charge in [-0.1, -0.05) is 18.2 Å². The molecule has 1 saturated heterocycles. The molecule has 2 amide bonds. The summed E-state index contributed by atoms with van der Waals surface area (Å²) in [5, 5.41) is 5.86. The number of nitrogens with one attached hydrogen (secondary N) is 2. The Hall–Kier alpha value is -2.38. The van der Waals surface area contributed by atoms with Gasteiger partial charge < -0.3 is 19.9 Å². The molecule has 0 radical (unpaired) electrons. The normalized spacial score (nSPS) is 17.0. The number of carbonyl (C=O) groups is 1. The van der Waals surface area contributed by atoms with Crippen LogP contribution < -0.4 is 10.6 Å². The Morgan fingerprint density at radius 1 is 1.31 bits per heavy atom. The molecule has 7 nitrogen and oxygen atoms in total. The van der Waals surface area contributed by atoms with Crippen molar-refractivity contribution < 1.29 is 9.53 Å². The molecule has 0 aliphatic carbocycles. The summed E-state index contributed by atoms with van der Waals surface area (Å²) in [5.74, 6) is 0. The fraction of sp³-hybridized carbons (Fsp3) is 0.474. The van der Waals surface area contributed by atoms with Crippen LogP contribution in [0.3, 0.4) is 0 Å². The van der Waals surface area contributed by atoms with Gasteiger partial charge in [0, 0.05) is 45.1 Å². The maximum absolute atomic E-state index is 12.1. The summed E-state index contributed by atoms with van der Waals surface area (Å²) in [5.41, 5.74) is 1.94. The Labute approximate surface area is 154 Å². The van der Waals surface area contributed by atoms with E-state index in [1.165, 1.54) is 0 Å². The van der Waals surface area contributed by atoms with E-state index in [-0.39, 0.29) is 11.6 Å². The van der Waals surface area contributed by atoms with Crippen molar-refractivity contribution in [2.24, 2.45) is 0 Å². The predicted molar refractivity (Wildman–Crippen MR) is 100 cm³/mol. The first-order valence-corrected chi connectivity index (χ1v) is 8.98. The molecule has 1 aromatic carbocycles. The number of nitrogens with zero attached hydrogens (tertiary/aromatic N) is 3. The monoisotopic (exact) mass is 357 g/mol. The van der Waals surface area contributed by atoms with Gasteiger partial charge in [-0.3, -0.25) is 4.90 Å². The summed E-state index contributed by atoms with van der Waals surface area (Å²) < 4.78 is 7.64. The van der Waals surface area contributed by atoms with Crippen LogP contribution in [0.5, 0.6) is 0 Å². The summed E-state index contributed by atoms with van der Waals surface area (Å²) in [6.07, 6.45) is 5.38. The molecule has 140 valence electrons. The van der Waals surface area contributed by atoms with Gasteiger partial charge in [0.05, 0.1) is 24.2 Å². The molecule has 0 saturated carbocycles. The smallest absolute Gasteiger partial charge is 0.315 e. The van der Waals surface area contributed by atoms with Gasteiger partial charge >= 0.3 is 6.03 Å². The zero-order valence-corrected chi connectivity index (χ0v) is 15.4. The molecule has 7 heteroatoms. The van der Waals surface area contributed by atoms with Crippen molar-refractivity contribution >= 4 is 6.03 Å². The second kappa shape index (κ2) is 8.33. The van der Waals surface area contributed by atoms with Crippen LogP contribution in [0, 0.1) is 0 Å². The van der Waals surface area contributed by atoms with Crippen LogP contribution in [0.4, 0.5) is 4.79 Å². The number of para-hydroxylation sites is 1. The third kappa shape index (κ3) is 5.06. The first-order valence-electron chi connectivity index (χ1n) is 8.98. The average Bonchev–Trinajstić information content (AvgIpc) is 3.14. The Morgan fingerprint density at radius 2 is 2.15 bits per heavy atom. The SMILES string of the molecule is CC1(C)CN(CCNC(=O)NCc2ccccc2-n2ccnc2)CCO1. The third-order valence-corrected chi connectivity index (χ3v) is 4.43. The number of amides is 2. The average molecular weight is 357 g/mol. The molecular weight excluding hydrogens is 330 g/mol. The van der Waals surface area contributed by atoms with Crippen molar-refractivity contribution in [3.63, 3.8) is 0 Å². The Morgan fingerprint density at radius 3 is 2.92 bits per heavy atom. The number of ether oxygens (including phenoxy) is 1. The molecule has 1 fully saturated rings. The Balaban J connectivity index is 1.44. The number of aromatic nitrogens is 2. The van der Waals surface area contributed by atoms with E-state index in [0.29, 0.717) is 13.1 Å². The molecule has 2 N–H and O–H groups in total. The van der Waals surface area contributed by atoms with Crippen LogP contribution in [0.25, 0.3) is 5.69 Å². The highest BCUT2D eigenvalue weighted by Gasteiger charge is 2.26. The number of benzene rings is 1. The van der Waals surface area contributed by atoms with Gasteiger partial charge in [-0.05, 0) is 25.5 Å². The van der Waals surface area contributed by atoms with E-state index in [9.17, 15) is 4.79 Å². The van der Waals surface area contributed by atoms with Gasteiger partial charge in [0.2, 0.25) is 0 Å². The van der Waals surface area contributed by atoms with E-state index in [0.717, 1.165) is 37.5 Å². The number of hydrogen-bond donors (Lipinski definition) is 2. The van der Waals surface area contributed by atoms with Crippen molar-refractivity contribution in [1.29, 1.82) is 0 Å². The highest BCUT2D eigenvalue weighted by molar-refractivity contribution is 5.73. The minimum absolute atomic E-state index is 0.114. The second-order valence-electron chi connectivity index (χ2n) is 7.09. The topological polar surface area (TPSA) is 71.4 Å². The van der Waals surface area contributed by atoms with Gasteiger partial charge in [-0.2, -0.15) is 0 Å². The number of urea groups is 1. The lowest BCUT2D eigenvalue weighted by Gasteiger charge is -2.38. The Bertz CT molecular complexity index is 714. The third-order valence-electron chi connectivity index (χ3n) is 4.43. The van der Waals surface area contributed by atoms with Crippen LogP contribution in [0.2, 0.25) is 0 Å². The van der Waals surface area contributed by atoms with Crippen LogP contribution in [0.1, 0.15) is 19.4 Å². The quantitative estimate of drug-likeness (QED) is 0.827. The van der Waals surface area contributed by atoms with Crippen LogP contribution in [-0.2, 0) is 11.3 Å². The first kappa shape index (κ1) is 18.4. The molecule has 1 aliphatic rings. The van der Waals surface area contributed by atoms with Crippen molar-refractivity contribution in [1.82, 2.24) is 25.1 Å². The summed E-state index contributed by atoms with van der Waals surface area (Å²) in [4.78, 5) is 18.5. The van der Waals surface area contributed by atoms with Gasteiger partial charge in [-0.25, -0.2) is 9.78 Å². The zero-order valence-electron chi connectivity index (χ0n) is 15.4. The van der Waals surface area contributed by atoms with Crippen molar-refractivity contribution in [2.45, 2.75) is 26.0 Å². The second-order valence-corrected chi connectivity index (χ2v) is 7.09. The molecule has 2 heterocycles. The standard InChI is InChI=1S/C19H27N5O2/c1-19(2)14-23(11-12-26-19)9-8-21-18(25)22-13-16-5-3-4-6-17(16)24-10-7-20-15-24/h3-7,10,15H,8-9,11-14H2,1-2H3,(H2,21,22,25). The molecule has 0 bridgehead atoms. The van der Waals surface area contributed by atoms with Crippen LogP contribution >= 0.6 is 0 Å². The van der Waals surface area contributed by atoms with E-state index in [2.05, 4.69) is 34.4 Å². The lowest BCUT2D eigenvalue weighted by Crippen LogP contribution is -2.50. The number of morpholine rings is 1. The molecular formula is C19H27N5O2. The van der Waals surface area contributed by atoms with E-state index in [4.69, 9.17) is 4.74 Å². The highest BCUT2D eigenvalue weighted by atomic mass is 16.5. The summed E-state index contributed by atoms with van der Waals surface area (Å²) >= 11 is 0. The lowest BCUT2D eigenvalue weighted by atomic mass is 10.1. The van der Waals surface area contributed by atoms with E-state index in [1.807, 2.05) is 35.0 Å². The maximum Gasteiger partial charge on any atom is 0.315 e. The predicted octanol–water partition coefficient (Wildman–Crippen LogP) is 1.78. The lowest BCUT2D eigenvalue weighted by molar-refractivity contribution is -0.0852. The molecule has 26 heavy (non-hydrogen) atoms. The summed E-state index contributed by atoms with van der Waals surface area (Å²) in [6.45, 7) is 8.62.